The summed E-state index contributed by atoms with van der Waals surface area (Å²) in [6.07, 6.45) is 1.75. The fraction of sp³-hybridized carbons (Fsp3) is 0.316. The topological polar surface area (TPSA) is 66.5 Å². The van der Waals surface area contributed by atoms with Crippen LogP contribution in [-0.4, -0.2) is 26.6 Å². The van der Waals surface area contributed by atoms with E-state index in [1.54, 1.807) is 25.1 Å². The molecule has 0 bridgehead atoms. The summed E-state index contributed by atoms with van der Waals surface area (Å²) in [5.74, 6) is -0.0881. The van der Waals surface area contributed by atoms with Crippen LogP contribution < -0.4 is 9.62 Å². The van der Waals surface area contributed by atoms with Crippen molar-refractivity contribution < 1.29 is 13.2 Å². The number of anilines is 2. The molecule has 0 spiro atoms. The third-order valence-corrected chi connectivity index (χ3v) is 6.60. The van der Waals surface area contributed by atoms with Crippen molar-refractivity contribution in [1.82, 2.24) is 0 Å². The van der Waals surface area contributed by atoms with Crippen molar-refractivity contribution in [2.75, 3.05) is 21.9 Å². The van der Waals surface area contributed by atoms with Crippen LogP contribution in [-0.2, 0) is 27.7 Å². The maximum Gasteiger partial charge on any atom is 0.234 e. The highest BCUT2D eigenvalue weighted by atomic mass is 35.5. The maximum atomic E-state index is 12.3. The summed E-state index contributed by atoms with van der Waals surface area (Å²) in [5, 5.41) is 3.43. The molecule has 26 heavy (non-hydrogen) atoms. The zero-order valence-electron chi connectivity index (χ0n) is 14.5. The van der Waals surface area contributed by atoms with Gasteiger partial charge in [0, 0.05) is 17.3 Å². The van der Waals surface area contributed by atoms with E-state index in [0.717, 1.165) is 24.0 Å². The first-order valence-electron chi connectivity index (χ1n) is 8.57. The molecule has 1 amide bonds. The van der Waals surface area contributed by atoms with Crippen LogP contribution >= 0.6 is 11.6 Å². The van der Waals surface area contributed by atoms with Crippen LogP contribution in [0, 0.1) is 0 Å². The standard InChI is InChI=1S/C19H21ClN2O3S/c1-2-26(24,25)22-11-5-7-15-12-16(9-10-18(15)22)21-19(23)13-14-6-3-4-8-17(14)20/h3-4,6,8-10,12H,2,5,7,11,13H2,1H3,(H,21,23). The lowest BCUT2D eigenvalue weighted by atomic mass is 10.0. The molecule has 0 saturated carbocycles. The van der Waals surface area contributed by atoms with E-state index in [1.807, 2.05) is 24.3 Å². The first kappa shape index (κ1) is 18.7. The number of amides is 1. The van der Waals surface area contributed by atoms with Crippen LogP contribution in [0.25, 0.3) is 0 Å². The molecule has 0 aromatic heterocycles. The number of carbonyl (C=O) groups is 1. The minimum Gasteiger partial charge on any atom is -0.326 e. The van der Waals surface area contributed by atoms with Crippen molar-refractivity contribution >= 4 is 38.9 Å². The van der Waals surface area contributed by atoms with E-state index in [9.17, 15) is 13.2 Å². The zero-order valence-corrected chi connectivity index (χ0v) is 16.1. The minimum absolute atomic E-state index is 0.0722. The number of benzene rings is 2. The van der Waals surface area contributed by atoms with Gasteiger partial charge in [0.2, 0.25) is 15.9 Å². The summed E-state index contributed by atoms with van der Waals surface area (Å²) in [5.41, 5.74) is 3.08. The second-order valence-electron chi connectivity index (χ2n) is 6.24. The number of nitrogens with one attached hydrogen (secondary N) is 1. The number of carbonyl (C=O) groups excluding carboxylic acids is 1. The smallest absolute Gasteiger partial charge is 0.234 e. The lowest BCUT2D eigenvalue weighted by Gasteiger charge is -2.30. The fourth-order valence-electron chi connectivity index (χ4n) is 3.11. The average molecular weight is 393 g/mol. The number of nitrogens with zero attached hydrogens (tertiary/aromatic N) is 1. The van der Waals surface area contributed by atoms with Gasteiger partial charge < -0.3 is 5.32 Å². The van der Waals surface area contributed by atoms with Crippen LogP contribution in [0.5, 0.6) is 0 Å². The first-order chi connectivity index (χ1) is 12.4. The fourth-order valence-corrected chi connectivity index (χ4v) is 4.50. The number of fused-ring (bicyclic) bond motifs is 1. The molecule has 0 saturated heterocycles. The predicted molar refractivity (Wildman–Crippen MR) is 105 cm³/mol. The molecule has 1 heterocycles. The van der Waals surface area contributed by atoms with Gasteiger partial charge in [-0.3, -0.25) is 9.10 Å². The van der Waals surface area contributed by atoms with Gasteiger partial charge in [-0.2, -0.15) is 0 Å². The van der Waals surface area contributed by atoms with E-state index < -0.39 is 10.0 Å². The second kappa shape index (κ2) is 7.68. The number of sulfonamides is 1. The number of hydrogen-bond acceptors (Lipinski definition) is 3. The van der Waals surface area contributed by atoms with Crippen molar-refractivity contribution in [2.24, 2.45) is 0 Å². The molecule has 0 aliphatic carbocycles. The highest BCUT2D eigenvalue weighted by Gasteiger charge is 2.26. The van der Waals surface area contributed by atoms with Crippen LogP contribution in [0.15, 0.2) is 42.5 Å². The van der Waals surface area contributed by atoms with Crippen molar-refractivity contribution in [2.45, 2.75) is 26.2 Å². The van der Waals surface area contributed by atoms with Gasteiger partial charge in [-0.25, -0.2) is 8.42 Å². The summed E-state index contributed by atoms with van der Waals surface area (Å²) in [6.45, 7) is 2.15. The molecule has 2 aromatic rings. The van der Waals surface area contributed by atoms with Gasteiger partial charge in [0.25, 0.3) is 0 Å². The van der Waals surface area contributed by atoms with Gasteiger partial charge in [0.15, 0.2) is 0 Å². The minimum atomic E-state index is -3.28. The van der Waals surface area contributed by atoms with Gasteiger partial charge in [-0.05, 0) is 55.2 Å². The molecule has 0 fully saturated rings. The average Bonchev–Trinajstić information content (AvgIpc) is 2.63. The van der Waals surface area contributed by atoms with Gasteiger partial charge >= 0.3 is 0 Å². The van der Waals surface area contributed by atoms with Crippen molar-refractivity contribution in [3.05, 3.63) is 58.6 Å². The summed E-state index contributed by atoms with van der Waals surface area (Å²) < 4.78 is 26.0. The highest BCUT2D eigenvalue weighted by molar-refractivity contribution is 7.92. The molecule has 1 aliphatic rings. The van der Waals surface area contributed by atoms with E-state index in [4.69, 9.17) is 11.6 Å². The second-order valence-corrected chi connectivity index (χ2v) is 8.83. The number of aryl methyl sites for hydroxylation is 1. The van der Waals surface area contributed by atoms with E-state index in [2.05, 4.69) is 5.32 Å². The van der Waals surface area contributed by atoms with Crippen molar-refractivity contribution in [3.8, 4) is 0 Å². The lowest BCUT2D eigenvalue weighted by Crippen LogP contribution is -2.36. The summed E-state index contributed by atoms with van der Waals surface area (Å²) in [7, 11) is -3.28. The Hall–Kier alpha value is -2.05. The largest absolute Gasteiger partial charge is 0.326 e. The maximum absolute atomic E-state index is 12.3. The van der Waals surface area contributed by atoms with E-state index in [0.29, 0.717) is 22.9 Å². The molecule has 3 rings (SSSR count). The normalized spacial score (nSPS) is 14.0. The highest BCUT2D eigenvalue weighted by Crippen LogP contribution is 2.31. The Morgan fingerprint density at radius 2 is 2.00 bits per heavy atom. The molecule has 0 radical (unpaired) electrons. The Balaban J connectivity index is 1.77. The number of hydrogen-bond donors (Lipinski definition) is 1. The predicted octanol–water partition coefficient (Wildman–Crippen LogP) is 3.62. The van der Waals surface area contributed by atoms with Crippen LogP contribution in [0.2, 0.25) is 5.02 Å². The Bertz CT molecular complexity index is 928. The molecule has 7 heteroatoms. The molecular formula is C19H21ClN2O3S. The Labute approximate surface area is 159 Å². The molecule has 5 nitrogen and oxygen atoms in total. The SMILES string of the molecule is CCS(=O)(=O)N1CCCc2cc(NC(=O)Cc3ccccc3Cl)ccc21. The van der Waals surface area contributed by atoms with Crippen molar-refractivity contribution in [1.29, 1.82) is 0 Å². The van der Waals surface area contributed by atoms with Crippen LogP contribution in [0.3, 0.4) is 0 Å². The molecule has 1 aliphatic heterocycles. The van der Waals surface area contributed by atoms with Gasteiger partial charge in [-0.15, -0.1) is 0 Å². The number of rotatable bonds is 5. The first-order valence-corrected chi connectivity index (χ1v) is 10.6. The number of halogens is 1. The van der Waals surface area contributed by atoms with Gasteiger partial charge in [0.05, 0.1) is 17.9 Å². The van der Waals surface area contributed by atoms with E-state index >= 15 is 0 Å². The van der Waals surface area contributed by atoms with Gasteiger partial charge in [0.1, 0.15) is 0 Å². The third kappa shape index (κ3) is 4.02. The third-order valence-electron chi connectivity index (χ3n) is 4.45. The monoisotopic (exact) mass is 392 g/mol. The summed E-state index contributed by atoms with van der Waals surface area (Å²) in [4.78, 5) is 12.3. The molecule has 2 aromatic carbocycles. The molecule has 1 N–H and O–H groups in total. The van der Waals surface area contributed by atoms with Crippen molar-refractivity contribution in [3.63, 3.8) is 0 Å². The summed E-state index contributed by atoms with van der Waals surface area (Å²) >= 11 is 6.10. The van der Waals surface area contributed by atoms with Crippen LogP contribution in [0.1, 0.15) is 24.5 Å². The quantitative estimate of drug-likeness (QED) is 0.844. The summed E-state index contributed by atoms with van der Waals surface area (Å²) in [6, 6.07) is 12.6. The zero-order chi connectivity index (χ0) is 18.7. The molecule has 138 valence electrons. The Morgan fingerprint density at radius 3 is 2.73 bits per heavy atom. The van der Waals surface area contributed by atoms with Gasteiger partial charge in [-0.1, -0.05) is 29.8 Å². The van der Waals surface area contributed by atoms with E-state index in [1.165, 1.54) is 4.31 Å². The molecular weight excluding hydrogens is 372 g/mol. The van der Waals surface area contributed by atoms with E-state index in [-0.39, 0.29) is 18.1 Å². The lowest BCUT2D eigenvalue weighted by molar-refractivity contribution is -0.115. The Kier molecular flexibility index (Phi) is 5.53. The van der Waals surface area contributed by atoms with Crippen LogP contribution in [0.4, 0.5) is 11.4 Å². The molecule has 0 unspecified atom stereocenters. The Morgan fingerprint density at radius 1 is 1.23 bits per heavy atom. The molecule has 0 atom stereocenters.